The SMILES string of the molecule is COc1ccccc1C(C)(O)c1nc(Br)cs1. The number of halogens is 1. The van der Waals surface area contributed by atoms with Crippen LogP contribution in [-0.2, 0) is 5.60 Å². The number of nitrogens with zero attached hydrogens (tertiary/aromatic N) is 1. The van der Waals surface area contributed by atoms with E-state index in [0.717, 1.165) is 4.60 Å². The molecule has 0 bridgehead atoms. The van der Waals surface area contributed by atoms with E-state index in [1.165, 1.54) is 11.3 Å². The zero-order chi connectivity index (χ0) is 12.5. The van der Waals surface area contributed by atoms with E-state index in [1.54, 1.807) is 14.0 Å². The summed E-state index contributed by atoms with van der Waals surface area (Å²) in [5.41, 5.74) is -0.437. The van der Waals surface area contributed by atoms with Crippen LogP contribution in [0, 0.1) is 0 Å². The lowest BCUT2D eigenvalue weighted by Gasteiger charge is -2.23. The summed E-state index contributed by atoms with van der Waals surface area (Å²) in [7, 11) is 1.59. The molecule has 0 saturated carbocycles. The summed E-state index contributed by atoms with van der Waals surface area (Å²) in [4.78, 5) is 4.26. The quantitative estimate of drug-likeness (QED) is 0.946. The summed E-state index contributed by atoms with van der Waals surface area (Å²) in [5.74, 6) is 0.656. The van der Waals surface area contributed by atoms with Crippen LogP contribution in [0.4, 0.5) is 0 Å². The van der Waals surface area contributed by atoms with Crippen LogP contribution in [0.2, 0.25) is 0 Å². The third-order valence-corrected chi connectivity index (χ3v) is 4.29. The molecule has 2 rings (SSSR count). The Morgan fingerprint density at radius 2 is 2.12 bits per heavy atom. The zero-order valence-corrected chi connectivity index (χ0v) is 11.9. The maximum Gasteiger partial charge on any atom is 0.142 e. The zero-order valence-electron chi connectivity index (χ0n) is 9.48. The number of rotatable bonds is 3. The molecule has 3 nitrogen and oxygen atoms in total. The molecule has 1 aromatic carbocycles. The van der Waals surface area contributed by atoms with Crippen LogP contribution < -0.4 is 4.74 Å². The Balaban J connectivity index is 2.50. The first kappa shape index (κ1) is 12.5. The van der Waals surface area contributed by atoms with E-state index in [2.05, 4.69) is 20.9 Å². The Morgan fingerprint density at radius 1 is 1.41 bits per heavy atom. The van der Waals surface area contributed by atoms with Gasteiger partial charge in [-0.1, -0.05) is 18.2 Å². The van der Waals surface area contributed by atoms with Crippen LogP contribution in [0.1, 0.15) is 17.5 Å². The number of benzene rings is 1. The first-order chi connectivity index (χ1) is 8.05. The van der Waals surface area contributed by atoms with Crippen LogP contribution in [0.15, 0.2) is 34.2 Å². The van der Waals surface area contributed by atoms with Gasteiger partial charge in [-0.3, -0.25) is 0 Å². The second-order valence-corrected chi connectivity index (χ2v) is 5.42. The third-order valence-electron chi connectivity index (χ3n) is 2.52. The van der Waals surface area contributed by atoms with Gasteiger partial charge in [-0.05, 0) is 28.9 Å². The molecule has 1 heterocycles. The monoisotopic (exact) mass is 313 g/mol. The van der Waals surface area contributed by atoms with E-state index in [9.17, 15) is 5.11 Å². The predicted octanol–water partition coefficient (Wildman–Crippen LogP) is 3.17. The molecule has 1 unspecified atom stereocenters. The van der Waals surface area contributed by atoms with Crippen molar-refractivity contribution >= 4 is 27.3 Å². The normalized spacial score (nSPS) is 14.4. The minimum absolute atomic E-state index is 0.633. The van der Waals surface area contributed by atoms with Crippen molar-refractivity contribution in [2.75, 3.05) is 7.11 Å². The highest BCUT2D eigenvalue weighted by molar-refractivity contribution is 9.10. The summed E-state index contributed by atoms with van der Waals surface area (Å²) in [6.07, 6.45) is 0. The number of aliphatic hydroxyl groups is 1. The van der Waals surface area contributed by atoms with Crippen LogP contribution in [0.3, 0.4) is 0 Å². The number of aromatic nitrogens is 1. The van der Waals surface area contributed by atoms with Gasteiger partial charge in [-0.25, -0.2) is 4.98 Å². The summed E-state index contributed by atoms with van der Waals surface area (Å²) in [5, 5.41) is 13.1. The third kappa shape index (κ3) is 2.36. The summed E-state index contributed by atoms with van der Waals surface area (Å²) >= 11 is 4.70. The molecular formula is C12H12BrNO2S. The van der Waals surface area contributed by atoms with E-state index < -0.39 is 5.60 Å². The molecule has 5 heteroatoms. The lowest BCUT2D eigenvalue weighted by molar-refractivity contribution is 0.0985. The first-order valence-corrected chi connectivity index (χ1v) is 6.70. The molecule has 2 aromatic rings. The van der Waals surface area contributed by atoms with E-state index in [1.807, 2.05) is 29.6 Å². The molecule has 1 aromatic heterocycles. The Kier molecular flexibility index (Phi) is 3.51. The van der Waals surface area contributed by atoms with Crippen molar-refractivity contribution in [2.45, 2.75) is 12.5 Å². The van der Waals surface area contributed by atoms with Crippen molar-refractivity contribution in [3.05, 3.63) is 44.8 Å². The van der Waals surface area contributed by atoms with Gasteiger partial charge in [-0.15, -0.1) is 11.3 Å². The lowest BCUT2D eigenvalue weighted by Crippen LogP contribution is -2.23. The Labute approximate surface area is 112 Å². The Morgan fingerprint density at radius 3 is 2.71 bits per heavy atom. The van der Waals surface area contributed by atoms with Crippen molar-refractivity contribution in [3.63, 3.8) is 0 Å². The van der Waals surface area contributed by atoms with Gasteiger partial charge in [0.2, 0.25) is 0 Å². The second kappa shape index (κ2) is 4.76. The topological polar surface area (TPSA) is 42.4 Å². The highest BCUT2D eigenvalue weighted by Crippen LogP contribution is 2.37. The van der Waals surface area contributed by atoms with Gasteiger partial charge < -0.3 is 9.84 Å². The molecule has 90 valence electrons. The van der Waals surface area contributed by atoms with E-state index in [0.29, 0.717) is 16.3 Å². The largest absolute Gasteiger partial charge is 0.496 e. The lowest BCUT2D eigenvalue weighted by atomic mass is 9.96. The molecule has 0 fully saturated rings. The van der Waals surface area contributed by atoms with Crippen molar-refractivity contribution in [1.29, 1.82) is 0 Å². The number of thiazole rings is 1. The standard InChI is InChI=1S/C12H12BrNO2S/c1-12(15,11-14-10(13)7-17-11)8-5-3-4-6-9(8)16-2/h3-7,15H,1-2H3. The van der Waals surface area contributed by atoms with Crippen molar-refractivity contribution in [3.8, 4) is 5.75 Å². The molecule has 0 spiro atoms. The van der Waals surface area contributed by atoms with E-state index >= 15 is 0 Å². The summed E-state index contributed by atoms with van der Waals surface area (Å²) in [6, 6.07) is 7.41. The second-order valence-electron chi connectivity index (χ2n) is 3.75. The minimum atomic E-state index is -1.15. The molecule has 1 N–H and O–H groups in total. The first-order valence-electron chi connectivity index (χ1n) is 5.03. The van der Waals surface area contributed by atoms with Crippen LogP contribution in [-0.4, -0.2) is 17.2 Å². The smallest absolute Gasteiger partial charge is 0.142 e. The fraction of sp³-hybridized carbons (Fsp3) is 0.250. The maximum atomic E-state index is 10.6. The number of hydrogen-bond donors (Lipinski definition) is 1. The highest BCUT2D eigenvalue weighted by Gasteiger charge is 2.31. The molecule has 1 atom stereocenters. The Hall–Kier alpha value is -0.910. The van der Waals surface area contributed by atoms with Crippen LogP contribution in [0.5, 0.6) is 5.75 Å². The van der Waals surface area contributed by atoms with Gasteiger partial charge in [-0.2, -0.15) is 0 Å². The van der Waals surface area contributed by atoms with E-state index in [4.69, 9.17) is 4.74 Å². The van der Waals surface area contributed by atoms with Crippen LogP contribution in [0.25, 0.3) is 0 Å². The fourth-order valence-electron chi connectivity index (χ4n) is 1.64. The van der Waals surface area contributed by atoms with Gasteiger partial charge >= 0.3 is 0 Å². The molecular weight excluding hydrogens is 302 g/mol. The average Bonchev–Trinajstić information content (AvgIpc) is 2.76. The van der Waals surface area contributed by atoms with Crippen molar-refractivity contribution in [1.82, 2.24) is 4.98 Å². The minimum Gasteiger partial charge on any atom is -0.496 e. The van der Waals surface area contributed by atoms with Crippen LogP contribution >= 0.6 is 27.3 Å². The van der Waals surface area contributed by atoms with Gasteiger partial charge in [0.05, 0.1) is 7.11 Å². The predicted molar refractivity (Wildman–Crippen MR) is 71.5 cm³/mol. The summed E-state index contributed by atoms with van der Waals surface area (Å²) in [6.45, 7) is 1.72. The van der Waals surface area contributed by atoms with Gasteiger partial charge in [0, 0.05) is 10.9 Å². The van der Waals surface area contributed by atoms with Crippen molar-refractivity contribution in [2.24, 2.45) is 0 Å². The molecule has 0 amide bonds. The number of hydrogen-bond acceptors (Lipinski definition) is 4. The maximum absolute atomic E-state index is 10.6. The fourth-order valence-corrected chi connectivity index (χ4v) is 2.97. The van der Waals surface area contributed by atoms with Gasteiger partial charge in [0.1, 0.15) is 21.0 Å². The average molecular weight is 314 g/mol. The molecule has 0 saturated heterocycles. The molecule has 0 aliphatic heterocycles. The molecule has 0 aliphatic rings. The number of para-hydroxylation sites is 1. The van der Waals surface area contributed by atoms with E-state index in [-0.39, 0.29) is 0 Å². The van der Waals surface area contributed by atoms with Gasteiger partial charge in [0.25, 0.3) is 0 Å². The number of methoxy groups -OCH3 is 1. The van der Waals surface area contributed by atoms with Crippen molar-refractivity contribution < 1.29 is 9.84 Å². The highest BCUT2D eigenvalue weighted by atomic mass is 79.9. The molecule has 17 heavy (non-hydrogen) atoms. The Bertz CT molecular complexity index is 525. The molecule has 0 radical (unpaired) electrons. The molecule has 0 aliphatic carbocycles. The summed E-state index contributed by atoms with van der Waals surface area (Å²) < 4.78 is 5.99. The number of ether oxygens (including phenoxy) is 1. The van der Waals surface area contributed by atoms with Gasteiger partial charge in [0.15, 0.2) is 0 Å².